The van der Waals surface area contributed by atoms with Crippen molar-refractivity contribution in [1.82, 2.24) is 40.4 Å². The van der Waals surface area contributed by atoms with Gasteiger partial charge in [-0.05, 0) is 52.6 Å². The first-order chi connectivity index (χ1) is 19.1. The Balaban J connectivity index is 1.46. The summed E-state index contributed by atoms with van der Waals surface area (Å²) in [4.78, 5) is 16.7. The average Bonchev–Trinajstić information content (AvgIpc) is 3.57. The molecule has 2 amide bonds. The second kappa shape index (κ2) is 14.1. The van der Waals surface area contributed by atoms with Crippen LogP contribution in [0.5, 0.6) is 0 Å². The molecule has 0 radical (unpaired) electrons. The summed E-state index contributed by atoms with van der Waals surface area (Å²) in [6, 6.07) is 15.2. The first-order valence-corrected chi connectivity index (χ1v) is 13.8. The van der Waals surface area contributed by atoms with Crippen molar-refractivity contribution in [1.29, 1.82) is 0 Å². The Bertz CT molecular complexity index is 1300. The molecular weight excluding hydrogens is 492 g/mol. The van der Waals surface area contributed by atoms with E-state index in [1.54, 1.807) is 4.68 Å². The molecule has 0 fully saturated rings. The van der Waals surface area contributed by atoms with Gasteiger partial charge >= 0.3 is 6.03 Å². The summed E-state index contributed by atoms with van der Waals surface area (Å²) < 4.78 is 1.60. The number of amides is 2. The van der Waals surface area contributed by atoms with Crippen LogP contribution in [0.3, 0.4) is 0 Å². The molecule has 0 bridgehead atoms. The van der Waals surface area contributed by atoms with E-state index in [9.17, 15) is 4.79 Å². The Kier molecular flexibility index (Phi) is 10.1. The lowest BCUT2D eigenvalue weighted by atomic mass is 10.1. The number of tetrazole rings is 2. The highest BCUT2D eigenvalue weighted by atomic mass is 16.2. The Morgan fingerprint density at radius 1 is 0.846 bits per heavy atom. The predicted molar refractivity (Wildman–Crippen MR) is 151 cm³/mol. The molecule has 11 nitrogen and oxygen atoms in total. The third-order valence-corrected chi connectivity index (χ3v) is 6.64. The number of para-hydroxylation sites is 1. The number of benzene rings is 2. The second-order valence-electron chi connectivity index (χ2n) is 9.81. The van der Waals surface area contributed by atoms with Crippen LogP contribution >= 0.6 is 0 Å². The van der Waals surface area contributed by atoms with Crippen LogP contribution < -0.4 is 10.2 Å². The molecule has 2 heterocycles. The highest BCUT2D eigenvalue weighted by Crippen LogP contribution is 2.31. The molecule has 206 valence electrons. The van der Waals surface area contributed by atoms with E-state index in [2.05, 4.69) is 43.2 Å². The maximum Gasteiger partial charge on any atom is 0.335 e. The fourth-order valence-electron chi connectivity index (χ4n) is 4.60. The number of aryl methyl sites for hydroxylation is 3. The van der Waals surface area contributed by atoms with Crippen LogP contribution in [0.15, 0.2) is 48.5 Å². The lowest BCUT2D eigenvalue weighted by Gasteiger charge is -2.24. The van der Waals surface area contributed by atoms with E-state index in [1.165, 1.54) is 48.2 Å². The number of aromatic nitrogens is 8. The Labute approximate surface area is 229 Å². The standard InChI is InChI=1S/C28H38N10O/c1-4-5-6-7-8-9-10-14-20-37-32-26(30-34-37)29-28(39)38(25-22(2)16-15-17-23(25)3)27-31-33-35-36(27)21-24-18-12-11-13-19-24/h11-13,15-19H,4-10,14,20-21H2,1-3H3,(H,29,32,39). The Morgan fingerprint density at radius 3 is 2.26 bits per heavy atom. The highest BCUT2D eigenvalue weighted by molar-refractivity contribution is 6.06. The third-order valence-electron chi connectivity index (χ3n) is 6.64. The maximum atomic E-state index is 13.7. The molecule has 39 heavy (non-hydrogen) atoms. The smallest absolute Gasteiger partial charge is 0.273 e. The quantitative estimate of drug-likeness (QED) is 0.204. The van der Waals surface area contributed by atoms with Crippen LogP contribution in [0.4, 0.5) is 22.4 Å². The van der Waals surface area contributed by atoms with Gasteiger partial charge in [-0.25, -0.2) is 14.4 Å². The van der Waals surface area contributed by atoms with Crippen molar-refractivity contribution in [2.75, 3.05) is 10.2 Å². The summed E-state index contributed by atoms with van der Waals surface area (Å²) >= 11 is 0. The lowest BCUT2D eigenvalue weighted by molar-refractivity contribution is 0.258. The number of anilines is 3. The highest BCUT2D eigenvalue weighted by Gasteiger charge is 2.28. The molecule has 0 saturated heterocycles. The molecule has 0 unspecified atom stereocenters. The molecule has 0 aliphatic rings. The van der Waals surface area contributed by atoms with Gasteiger partial charge in [0.25, 0.3) is 11.9 Å². The summed E-state index contributed by atoms with van der Waals surface area (Å²) in [7, 11) is 0. The molecule has 4 aromatic rings. The monoisotopic (exact) mass is 530 g/mol. The van der Waals surface area contributed by atoms with Gasteiger partial charge in [0, 0.05) is 0 Å². The number of hydrogen-bond donors (Lipinski definition) is 1. The normalized spacial score (nSPS) is 11.1. The zero-order chi connectivity index (χ0) is 27.5. The van der Waals surface area contributed by atoms with Gasteiger partial charge in [-0.2, -0.15) is 4.80 Å². The minimum atomic E-state index is -0.469. The maximum absolute atomic E-state index is 13.7. The largest absolute Gasteiger partial charge is 0.335 e. The van der Waals surface area contributed by atoms with Crippen LogP contribution in [0.25, 0.3) is 0 Å². The third kappa shape index (κ3) is 7.68. The molecule has 0 aliphatic carbocycles. The number of rotatable bonds is 14. The molecule has 0 spiro atoms. The van der Waals surface area contributed by atoms with Crippen LogP contribution in [0, 0.1) is 13.8 Å². The summed E-state index contributed by atoms with van der Waals surface area (Å²) in [5.41, 5.74) is 3.53. The van der Waals surface area contributed by atoms with E-state index in [1.807, 2.05) is 62.4 Å². The number of carbonyl (C=O) groups is 1. The molecule has 0 saturated carbocycles. The molecule has 11 heteroatoms. The molecular formula is C28H38N10O. The van der Waals surface area contributed by atoms with Gasteiger partial charge in [-0.3, -0.25) is 5.32 Å². The van der Waals surface area contributed by atoms with Crippen molar-refractivity contribution < 1.29 is 4.79 Å². The van der Waals surface area contributed by atoms with E-state index in [4.69, 9.17) is 0 Å². The number of nitrogens with zero attached hydrogens (tertiary/aromatic N) is 9. The summed E-state index contributed by atoms with van der Waals surface area (Å²) in [6.45, 7) is 7.20. The van der Waals surface area contributed by atoms with Gasteiger partial charge in [-0.1, -0.05) is 111 Å². The van der Waals surface area contributed by atoms with E-state index in [0.29, 0.717) is 24.7 Å². The SMILES string of the molecule is CCCCCCCCCCn1nnc(NC(=O)N(c2c(C)cccc2C)c2nnnn2Cc2ccccc2)n1. The van der Waals surface area contributed by atoms with Gasteiger partial charge in [0.15, 0.2) is 0 Å². The number of nitrogens with one attached hydrogen (secondary N) is 1. The number of unbranched alkanes of at least 4 members (excludes halogenated alkanes) is 7. The van der Waals surface area contributed by atoms with Crippen LogP contribution in [-0.4, -0.2) is 46.4 Å². The van der Waals surface area contributed by atoms with Crippen LogP contribution in [0.2, 0.25) is 0 Å². The average molecular weight is 531 g/mol. The lowest BCUT2D eigenvalue weighted by Crippen LogP contribution is -2.34. The number of urea groups is 1. The number of hydrogen-bond acceptors (Lipinski definition) is 7. The number of carbonyl (C=O) groups excluding carboxylic acids is 1. The van der Waals surface area contributed by atoms with Crippen molar-refractivity contribution in [3.8, 4) is 0 Å². The molecule has 4 rings (SSSR count). The minimum Gasteiger partial charge on any atom is -0.273 e. The van der Waals surface area contributed by atoms with E-state index < -0.39 is 6.03 Å². The zero-order valence-corrected chi connectivity index (χ0v) is 23.1. The molecule has 0 aliphatic heterocycles. The van der Waals surface area contributed by atoms with Gasteiger partial charge in [0.1, 0.15) is 0 Å². The van der Waals surface area contributed by atoms with Crippen molar-refractivity contribution in [3.63, 3.8) is 0 Å². The molecule has 2 aromatic carbocycles. The molecule has 0 atom stereocenters. The van der Waals surface area contributed by atoms with Crippen LogP contribution in [-0.2, 0) is 13.1 Å². The van der Waals surface area contributed by atoms with Gasteiger partial charge in [-0.15, -0.1) is 5.10 Å². The van der Waals surface area contributed by atoms with Gasteiger partial charge < -0.3 is 0 Å². The fraction of sp³-hybridized carbons (Fsp3) is 0.464. The van der Waals surface area contributed by atoms with Crippen molar-refractivity contribution >= 4 is 23.6 Å². The second-order valence-corrected chi connectivity index (χ2v) is 9.81. The Morgan fingerprint density at radius 2 is 1.54 bits per heavy atom. The van der Waals surface area contributed by atoms with E-state index in [0.717, 1.165) is 29.5 Å². The predicted octanol–water partition coefficient (Wildman–Crippen LogP) is 5.84. The topological polar surface area (TPSA) is 120 Å². The van der Waals surface area contributed by atoms with E-state index in [-0.39, 0.29) is 5.95 Å². The van der Waals surface area contributed by atoms with E-state index >= 15 is 0 Å². The summed E-state index contributed by atoms with van der Waals surface area (Å²) in [5, 5.41) is 27.6. The molecule has 2 aromatic heterocycles. The first-order valence-electron chi connectivity index (χ1n) is 13.8. The van der Waals surface area contributed by atoms with Gasteiger partial charge in [0.05, 0.1) is 18.8 Å². The first kappa shape index (κ1) is 27.9. The summed E-state index contributed by atoms with van der Waals surface area (Å²) in [6.07, 6.45) is 9.79. The van der Waals surface area contributed by atoms with Crippen LogP contribution in [0.1, 0.15) is 75.0 Å². The Hall–Kier alpha value is -4.15. The fourth-order valence-corrected chi connectivity index (χ4v) is 4.60. The van der Waals surface area contributed by atoms with Crippen molar-refractivity contribution in [3.05, 3.63) is 65.2 Å². The molecule has 1 N–H and O–H groups in total. The summed E-state index contributed by atoms with van der Waals surface area (Å²) in [5.74, 6) is 0.429. The zero-order valence-electron chi connectivity index (χ0n) is 23.1. The van der Waals surface area contributed by atoms with Crippen molar-refractivity contribution in [2.24, 2.45) is 0 Å². The van der Waals surface area contributed by atoms with Gasteiger partial charge in [0.2, 0.25) is 0 Å². The minimum absolute atomic E-state index is 0.137. The van der Waals surface area contributed by atoms with Crippen molar-refractivity contribution in [2.45, 2.75) is 85.2 Å².